The zero-order valence-electron chi connectivity index (χ0n) is 10.9. The normalized spacial score (nSPS) is 10.8. The molecule has 0 unspecified atom stereocenters. The Kier molecular flexibility index (Phi) is 3.34. The van der Waals surface area contributed by atoms with Crippen LogP contribution in [-0.2, 0) is 7.05 Å². The van der Waals surface area contributed by atoms with Crippen LogP contribution in [-0.4, -0.2) is 25.8 Å². The number of benzene rings is 1. The van der Waals surface area contributed by atoms with Gasteiger partial charge in [0.15, 0.2) is 11.4 Å². The van der Waals surface area contributed by atoms with Crippen LogP contribution in [0.2, 0.25) is 0 Å². The first-order valence-electron chi connectivity index (χ1n) is 6.03. The number of rotatable bonds is 3. The zero-order valence-corrected chi connectivity index (χ0v) is 12.5. The molecule has 0 atom stereocenters. The summed E-state index contributed by atoms with van der Waals surface area (Å²) in [5, 5.41) is 13.9. The summed E-state index contributed by atoms with van der Waals surface area (Å²) in [4.78, 5) is 15.5. The first kappa shape index (κ1) is 13.6. The number of nitrogens with zero attached hydrogens (tertiary/aromatic N) is 3. The van der Waals surface area contributed by atoms with Gasteiger partial charge in [-0.15, -0.1) is 0 Å². The molecule has 0 fully saturated rings. The minimum absolute atomic E-state index is 0.00419. The van der Waals surface area contributed by atoms with Gasteiger partial charge in [-0.3, -0.25) is 4.68 Å². The zero-order chi connectivity index (χ0) is 15.0. The molecule has 0 aliphatic heterocycles. The van der Waals surface area contributed by atoms with Crippen molar-refractivity contribution in [2.24, 2.45) is 7.05 Å². The van der Waals surface area contributed by atoms with E-state index in [1.54, 1.807) is 30.1 Å². The van der Waals surface area contributed by atoms with E-state index < -0.39 is 5.97 Å². The molecule has 106 valence electrons. The van der Waals surface area contributed by atoms with E-state index in [2.05, 4.69) is 26.0 Å². The third-order valence-corrected chi connectivity index (χ3v) is 3.45. The van der Waals surface area contributed by atoms with E-state index in [-0.39, 0.29) is 11.3 Å². The number of hydrogen-bond acceptors (Lipinski definition) is 4. The molecule has 0 amide bonds. The number of halogens is 1. The summed E-state index contributed by atoms with van der Waals surface area (Å²) in [6.07, 6.45) is 2.82. The van der Waals surface area contributed by atoms with Gasteiger partial charge in [-0.05, 0) is 18.2 Å². The van der Waals surface area contributed by atoms with Gasteiger partial charge in [0, 0.05) is 17.7 Å². The lowest BCUT2D eigenvalue weighted by Crippen LogP contribution is -2.02. The van der Waals surface area contributed by atoms with E-state index >= 15 is 0 Å². The average molecular weight is 348 g/mol. The standard InChI is InChI=1S/C14H10BrN3O3/c1-18-13-10(7-17-18)12(11(6-16-13)14(19)20)21-9-4-2-3-8(15)5-9/h2-7H,1H3,(H,19,20). The molecule has 7 heteroatoms. The topological polar surface area (TPSA) is 77.2 Å². The SMILES string of the molecule is Cn1ncc2c(Oc3cccc(Br)c3)c(C(=O)O)cnc21. The average Bonchev–Trinajstić information content (AvgIpc) is 2.81. The van der Waals surface area contributed by atoms with Crippen molar-refractivity contribution in [2.45, 2.75) is 0 Å². The summed E-state index contributed by atoms with van der Waals surface area (Å²) in [5.41, 5.74) is 0.556. The van der Waals surface area contributed by atoms with Crippen molar-refractivity contribution in [2.75, 3.05) is 0 Å². The fraction of sp³-hybridized carbons (Fsp3) is 0.0714. The third-order valence-electron chi connectivity index (χ3n) is 2.96. The number of carbonyl (C=O) groups is 1. The molecule has 1 aromatic carbocycles. The molecule has 0 aliphatic rings. The van der Waals surface area contributed by atoms with Crippen LogP contribution in [0, 0.1) is 0 Å². The molecule has 0 saturated heterocycles. The van der Waals surface area contributed by atoms with Crippen LogP contribution < -0.4 is 4.74 Å². The summed E-state index contributed by atoms with van der Waals surface area (Å²) >= 11 is 3.35. The molecular weight excluding hydrogens is 338 g/mol. The first-order valence-corrected chi connectivity index (χ1v) is 6.83. The van der Waals surface area contributed by atoms with Gasteiger partial charge in [-0.2, -0.15) is 5.10 Å². The second-order valence-electron chi connectivity index (χ2n) is 4.37. The van der Waals surface area contributed by atoms with Crippen molar-refractivity contribution >= 4 is 32.9 Å². The lowest BCUT2D eigenvalue weighted by molar-refractivity contribution is 0.0694. The number of ether oxygens (including phenoxy) is 1. The van der Waals surface area contributed by atoms with Crippen LogP contribution in [0.3, 0.4) is 0 Å². The van der Waals surface area contributed by atoms with Gasteiger partial charge in [0.2, 0.25) is 0 Å². The smallest absolute Gasteiger partial charge is 0.341 e. The minimum Gasteiger partial charge on any atom is -0.477 e. The number of aromatic carboxylic acids is 1. The highest BCUT2D eigenvalue weighted by molar-refractivity contribution is 9.10. The monoisotopic (exact) mass is 347 g/mol. The van der Waals surface area contributed by atoms with Crippen LogP contribution in [0.5, 0.6) is 11.5 Å². The van der Waals surface area contributed by atoms with E-state index in [9.17, 15) is 9.90 Å². The minimum atomic E-state index is -1.10. The highest BCUT2D eigenvalue weighted by Crippen LogP contribution is 2.33. The summed E-state index contributed by atoms with van der Waals surface area (Å²) in [7, 11) is 1.73. The van der Waals surface area contributed by atoms with Crippen LogP contribution in [0.25, 0.3) is 11.0 Å². The second kappa shape index (κ2) is 5.17. The number of carboxylic acid groups (broad SMARTS) is 1. The predicted octanol–water partition coefficient (Wildman–Crippen LogP) is 3.22. The summed E-state index contributed by atoms with van der Waals surface area (Å²) in [6, 6.07) is 7.17. The van der Waals surface area contributed by atoms with Crippen LogP contribution in [0.4, 0.5) is 0 Å². The molecule has 0 saturated carbocycles. The molecule has 2 heterocycles. The Labute approximate surface area is 128 Å². The van der Waals surface area contributed by atoms with Crippen molar-refractivity contribution < 1.29 is 14.6 Å². The maximum atomic E-state index is 11.4. The fourth-order valence-corrected chi connectivity index (χ4v) is 2.36. The quantitative estimate of drug-likeness (QED) is 0.786. The summed E-state index contributed by atoms with van der Waals surface area (Å²) in [5.74, 6) is -0.333. The Morgan fingerprint density at radius 2 is 2.19 bits per heavy atom. The number of fused-ring (bicyclic) bond motifs is 1. The van der Waals surface area contributed by atoms with Crippen molar-refractivity contribution in [3.8, 4) is 11.5 Å². The predicted molar refractivity (Wildman–Crippen MR) is 79.7 cm³/mol. The van der Waals surface area contributed by atoms with Gasteiger partial charge < -0.3 is 9.84 Å². The fourth-order valence-electron chi connectivity index (χ4n) is 1.98. The lowest BCUT2D eigenvalue weighted by atomic mass is 10.2. The molecule has 0 spiro atoms. The van der Waals surface area contributed by atoms with Gasteiger partial charge in [-0.1, -0.05) is 22.0 Å². The second-order valence-corrected chi connectivity index (χ2v) is 5.29. The van der Waals surface area contributed by atoms with Crippen LogP contribution in [0.1, 0.15) is 10.4 Å². The highest BCUT2D eigenvalue weighted by Gasteiger charge is 2.19. The van der Waals surface area contributed by atoms with E-state index in [0.717, 1.165) is 4.47 Å². The Bertz CT molecular complexity index is 845. The third kappa shape index (κ3) is 2.47. The summed E-state index contributed by atoms with van der Waals surface area (Å²) in [6.45, 7) is 0. The number of aromatic nitrogens is 3. The van der Waals surface area contributed by atoms with Crippen molar-refractivity contribution in [1.82, 2.24) is 14.8 Å². The van der Waals surface area contributed by atoms with Gasteiger partial charge in [-0.25, -0.2) is 9.78 Å². The van der Waals surface area contributed by atoms with Gasteiger partial charge in [0.25, 0.3) is 0 Å². The molecule has 1 N–H and O–H groups in total. The molecule has 21 heavy (non-hydrogen) atoms. The van der Waals surface area contributed by atoms with Crippen molar-refractivity contribution in [3.63, 3.8) is 0 Å². The Hall–Kier alpha value is -2.41. The van der Waals surface area contributed by atoms with E-state index in [1.807, 2.05) is 12.1 Å². The number of aryl methyl sites for hydroxylation is 1. The largest absolute Gasteiger partial charge is 0.477 e. The van der Waals surface area contributed by atoms with Crippen LogP contribution >= 0.6 is 15.9 Å². The van der Waals surface area contributed by atoms with Gasteiger partial charge >= 0.3 is 5.97 Å². The molecule has 6 nitrogen and oxygen atoms in total. The molecule has 0 aliphatic carbocycles. The van der Waals surface area contributed by atoms with E-state index in [1.165, 1.54) is 6.20 Å². The Balaban J connectivity index is 2.18. The molecular formula is C14H10BrN3O3. The van der Waals surface area contributed by atoms with Crippen LogP contribution in [0.15, 0.2) is 41.1 Å². The van der Waals surface area contributed by atoms with Crippen molar-refractivity contribution in [3.05, 3.63) is 46.7 Å². The van der Waals surface area contributed by atoms with E-state index in [4.69, 9.17) is 4.74 Å². The maximum Gasteiger partial charge on any atom is 0.341 e. The number of carboxylic acids is 1. The molecule has 2 aromatic heterocycles. The maximum absolute atomic E-state index is 11.4. The Morgan fingerprint density at radius 1 is 1.38 bits per heavy atom. The lowest BCUT2D eigenvalue weighted by Gasteiger charge is -2.10. The van der Waals surface area contributed by atoms with E-state index in [0.29, 0.717) is 16.8 Å². The highest BCUT2D eigenvalue weighted by atomic mass is 79.9. The molecule has 3 rings (SSSR count). The Morgan fingerprint density at radius 3 is 2.90 bits per heavy atom. The van der Waals surface area contributed by atoms with Gasteiger partial charge in [0.1, 0.15) is 11.3 Å². The first-order chi connectivity index (χ1) is 10.1. The molecule has 0 bridgehead atoms. The number of hydrogen-bond donors (Lipinski definition) is 1. The van der Waals surface area contributed by atoms with Crippen molar-refractivity contribution in [1.29, 1.82) is 0 Å². The summed E-state index contributed by atoms with van der Waals surface area (Å²) < 4.78 is 8.18. The molecule has 0 radical (unpaired) electrons. The molecule has 3 aromatic rings. The van der Waals surface area contributed by atoms with Gasteiger partial charge in [0.05, 0.1) is 11.6 Å². The number of pyridine rings is 1.